The van der Waals surface area contributed by atoms with Gasteiger partial charge in [0.25, 0.3) is 0 Å². The number of para-hydroxylation sites is 4. The van der Waals surface area contributed by atoms with Crippen molar-refractivity contribution in [3.05, 3.63) is 59.0 Å². The number of carbonyl (C=O) groups excluding carboxylic acids is 1. The van der Waals surface area contributed by atoms with Gasteiger partial charge in [0.15, 0.2) is 0 Å². The summed E-state index contributed by atoms with van der Waals surface area (Å²) in [5, 5.41) is 10.0. The van der Waals surface area contributed by atoms with Gasteiger partial charge in [-0.1, -0.05) is 24.3 Å². The number of fused-ring (bicyclic) bond motifs is 1. The monoisotopic (exact) mass is 380 g/mol. The van der Waals surface area contributed by atoms with Crippen LogP contribution in [0.25, 0.3) is 11.0 Å². The Morgan fingerprint density at radius 3 is 2.18 bits per heavy atom. The van der Waals surface area contributed by atoms with E-state index in [1.807, 2.05) is 43.3 Å². The minimum absolute atomic E-state index is 0.0446. The fourth-order valence-electron chi connectivity index (χ4n) is 3.89. The van der Waals surface area contributed by atoms with E-state index in [1.165, 1.54) is 0 Å². The van der Waals surface area contributed by atoms with E-state index in [9.17, 15) is 14.7 Å². The number of rotatable bonds is 4. The topological polar surface area (TPSA) is 70.7 Å². The molecular formula is C21H24N4O3. The lowest BCUT2D eigenvalue weighted by atomic mass is 10.2. The fourth-order valence-corrected chi connectivity index (χ4v) is 3.89. The third-order valence-corrected chi connectivity index (χ3v) is 5.39. The highest BCUT2D eigenvalue weighted by Crippen LogP contribution is 2.27. The summed E-state index contributed by atoms with van der Waals surface area (Å²) in [7, 11) is 0. The smallest absolute Gasteiger partial charge is 0.329 e. The molecule has 3 aromatic rings. The number of nitrogens with zero attached hydrogens (tertiary/aromatic N) is 4. The lowest BCUT2D eigenvalue weighted by molar-refractivity contribution is -0.132. The quantitative estimate of drug-likeness (QED) is 0.750. The Hall–Kier alpha value is -3.22. The molecule has 0 unspecified atom stereocenters. The molecule has 1 amide bonds. The molecule has 4 rings (SSSR count). The first-order chi connectivity index (χ1) is 13.6. The maximum atomic E-state index is 12.9. The number of imidazole rings is 1. The third kappa shape index (κ3) is 3.13. The molecule has 0 aliphatic carbocycles. The molecule has 0 saturated carbocycles. The molecule has 0 bridgehead atoms. The molecule has 2 aromatic carbocycles. The second-order valence-electron chi connectivity index (χ2n) is 6.96. The first kappa shape index (κ1) is 18.2. The molecule has 146 valence electrons. The summed E-state index contributed by atoms with van der Waals surface area (Å²) in [6.07, 6.45) is 0. The van der Waals surface area contributed by atoms with Crippen LogP contribution in [0.2, 0.25) is 0 Å². The molecule has 0 spiro atoms. The Balaban J connectivity index is 1.49. The Labute approximate surface area is 163 Å². The van der Waals surface area contributed by atoms with E-state index in [1.54, 1.807) is 26.2 Å². The molecular weight excluding hydrogens is 356 g/mol. The molecule has 1 aromatic heterocycles. The number of phenols is 1. The zero-order valence-corrected chi connectivity index (χ0v) is 15.9. The molecule has 1 N–H and O–H groups in total. The largest absolute Gasteiger partial charge is 0.506 e. The van der Waals surface area contributed by atoms with E-state index in [0.29, 0.717) is 32.7 Å². The highest BCUT2D eigenvalue weighted by atomic mass is 16.3. The Bertz CT molecular complexity index is 1060. The fraction of sp³-hybridized carbons (Fsp3) is 0.333. The van der Waals surface area contributed by atoms with Crippen LogP contribution in [0.15, 0.2) is 53.3 Å². The van der Waals surface area contributed by atoms with Crippen molar-refractivity contribution >= 4 is 22.6 Å². The van der Waals surface area contributed by atoms with Gasteiger partial charge in [-0.3, -0.25) is 13.9 Å². The summed E-state index contributed by atoms with van der Waals surface area (Å²) in [4.78, 5) is 29.5. The van der Waals surface area contributed by atoms with Crippen molar-refractivity contribution in [1.82, 2.24) is 14.0 Å². The maximum Gasteiger partial charge on any atom is 0.329 e. The normalized spacial score (nSPS) is 14.6. The van der Waals surface area contributed by atoms with Crippen LogP contribution in [-0.2, 0) is 17.9 Å². The van der Waals surface area contributed by atoms with Gasteiger partial charge in [0.2, 0.25) is 5.91 Å². The van der Waals surface area contributed by atoms with Crippen molar-refractivity contribution in [2.24, 2.45) is 0 Å². The summed E-state index contributed by atoms with van der Waals surface area (Å²) >= 11 is 0. The summed E-state index contributed by atoms with van der Waals surface area (Å²) in [5.74, 6) is 0.194. The lowest BCUT2D eigenvalue weighted by Gasteiger charge is -2.36. The van der Waals surface area contributed by atoms with Crippen LogP contribution in [0, 0.1) is 0 Å². The number of hydrogen-bond donors (Lipinski definition) is 1. The number of anilines is 1. The van der Waals surface area contributed by atoms with Crippen molar-refractivity contribution in [2.45, 2.75) is 20.0 Å². The molecule has 7 nitrogen and oxygen atoms in total. The first-order valence-electron chi connectivity index (χ1n) is 9.59. The van der Waals surface area contributed by atoms with Crippen LogP contribution in [0.3, 0.4) is 0 Å². The average molecular weight is 380 g/mol. The molecule has 28 heavy (non-hydrogen) atoms. The van der Waals surface area contributed by atoms with Gasteiger partial charge in [0.05, 0.1) is 16.7 Å². The Kier molecular flexibility index (Phi) is 4.81. The van der Waals surface area contributed by atoms with Crippen LogP contribution in [-0.4, -0.2) is 51.2 Å². The van der Waals surface area contributed by atoms with Gasteiger partial charge in [-0.05, 0) is 31.2 Å². The van der Waals surface area contributed by atoms with Gasteiger partial charge < -0.3 is 14.9 Å². The van der Waals surface area contributed by atoms with Gasteiger partial charge in [-0.2, -0.15) is 0 Å². The van der Waals surface area contributed by atoms with Crippen molar-refractivity contribution in [1.29, 1.82) is 0 Å². The van der Waals surface area contributed by atoms with Crippen molar-refractivity contribution < 1.29 is 9.90 Å². The molecule has 0 radical (unpaired) electrons. The van der Waals surface area contributed by atoms with E-state index in [4.69, 9.17) is 0 Å². The van der Waals surface area contributed by atoms with Gasteiger partial charge in [-0.25, -0.2) is 4.79 Å². The number of aromatic nitrogens is 2. The van der Waals surface area contributed by atoms with E-state index >= 15 is 0 Å². The van der Waals surface area contributed by atoms with Crippen LogP contribution >= 0.6 is 0 Å². The molecule has 1 fully saturated rings. The number of aryl methyl sites for hydroxylation is 1. The number of carbonyl (C=O) groups is 1. The molecule has 0 atom stereocenters. The highest BCUT2D eigenvalue weighted by molar-refractivity contribution is 5.81. The zero-order chi connectivity index (χ0) is 19.7. The summed E-state index contributed by atoms with van der Waals surface area (Å²) in [6, 6.07) is 14.8. The summed E-state index contributed by atoms with van der Waals surface area (Å²) < 4.78 is 3.26. The van der Waals surface area contributed by atoms with Crippen molar-refractivity contribution in [3.8, 4) is 5.75 Å². The van der Waals surface area contributed by atoms with E-state index in [-0.39, 0.29) is 23.9 Å². The summed E-state index contributed by atoms with van der Waals surface area (Å²) in [5.41, 5.74) is 2.28. The Morgan fingerprint density at radius 2 is 1.54 bits per heavy atom. The van der Waals surface area contributed by atoms with Crippen LogP contribution in [0.5, 0.6) is 5.75 Å². The molecule has 2 heterocycles. The van der Waals surface area contributed by atoms with Crippen molar-refractivity contribution in [2.75, 3.05) is 31.1 Å². The summed E-state index contributed by atoms with van der Waals surface area (Å²) in [6.45, 7) is 4.97. The minimum Gasteiger partial charge on any atom is -0.506 e. The highest BCUT2D eigenvalue weighted by Gasteiger charge is 2.24. The minimum atomic E-state index is -0.148. The van der Waals surface area contributed by atoms with E-state index < -0.39 is 0 Å². The number of aromatic hydroxyl groups is 1. The molecule has 1 saturated heterocycles. The number of amides is 1. The van der Waals surface area contributed by atoms with Crippen LogP contribution < -0.4 is 10.6 Å². The zero-order valence-electron chi connectivity index (χ0n) is 15.9. The molecule has 7 heteroatoms. The second-order valence-corrected chi connectivity index (χ2v) is 6.96. The molecule has 1 aliphatic heterocycles. The lowest BCUT2D eigenvalue weighted by Crippen LogP contribution is -2.50. The average Bonchev–Trinajstić information content (AvgIpc) is 2.99. The number of benzene rings is 2. The maximum absolute atomic E-state index is 12.9. The van der Waals surface area contributed by atoms with Gasteiger partial charge in [-0.15, -0.1) is 0 Å². The van der Waals surface area contributed by atoms with E-state index in [2.05, 4.69) is 4.90 Å². The number of phenolic OH excluding ortho intramolecular Hbond substituents is 1. The third-order valence-electron chi connectivity index (χ3n) is 5.39. The molecule has 1 aliphatic rings. The predicted octanol–water partition coefficient (Wildman–Crippen LogP) is 1.88. The standard InChI is InChI=1S/C21H24N4O3/c1-2-24-16-7-3-4-8-17(16)25(21(24)28)15-20(27)23-13-11-22(12-14-23)18-9-5-6-10-19(18)26/h3-10,26H,2,11-15H2,1H3. The van der Waals surface area contributed by atoms with Crippen molar-refractivity contribution in [3.63, 3.8) is 0 Å². The Morgan fingerprint density at radius 1 is 0.929 bits per heavy atom. The van der Waals surface area contributed by atoms with Gasteiger partial charge >= 0.3 is 5.69 Å². The second kappa shape index (κ2) is 7.42. The predicted molar refractivity (Wildman–Crippen MR) is 109 cm³/mol. The van der Waals surface area contributed by atoms with Gasteiger partial charge in [0, 0.05) is 32.7 Å². The SMILES string of the molecule is CCn1c(=O)n(CC(=O)N2CCN(c3ccccc3O)CC2)c2ccccc21. The van der Waals surface area contributed by atoms with Gasteiger partial charge in [0.1, 0.15) is 12.3 Å². The van der Waals surface area contributed by atoms with Crippen LogP contribution in [0.1, 0.15) is 6.92 Å². The van der Waals surface area contributed by atoms with E-state index in [0.717, 1.165) is 16.7 Å². The number of hydrogen-bond acceptors (Lipinski definition) is 4. The number of piperazine rings is 1. The first-order valence-corrected chi connectivity index (χ1v) is 9.59. The van der Waals surface area contributed by atoms with Crippen LogP contribution in [0.4, 0.5) is 5.69 Å².